The lowest BCUT2D eigenvalue weighted by Gasteiger charge is -2.06. The van der Waals surface area contributed by atoms with Crippen LogP contribution in [0.25, 0.3) is 0 Å². The zero-order valence-electron chi connectivity index (χ0n) is 13.2. The van der Waals surface area contributed by atoms with Crippen LogP contribution in [-0.4, -0.2) is 6.61 Å². The van der Waals surface area contributed by atoms with E-state index in [0.29, 0.717) is 12.4 Å². The van der Waals surface area contributed by atoms with Gasteiger partial charge in [-0.25, -0.2) is 4.57 Å². The molecule has 0 saturated heterocycles. The molecule has 0 heterocycles. The lowest BCUT2D eigenvalue weighted by Crippen LogP contribution is -1.91. The number of unbranched alkanes of at least 4 members (excludes halogenated alkanes) is 8. The Morgan fingerprint density at radius 3 is 2.05 bits per heavy atom. The van der Waals surface area contributed by atoms with Gasteiger partial charge < -0.3 is 9.05 Å². The van der Waals surface area contributed by atoms with Crippen LogP contribution in [0.3, 0.4) is 0 Å². The fourth-order valence-electron chi connectivity index (χ4n) is 2.18. The Bertz CT molecular complexity index is 368. The molecule has 1 unspecified atom stereocenters. The molecule has 0 spiro atoms. The van der Waals surface area contributed by atoms with Crippen molar-refractivity contribution < 1.29 is 13.6 Å². The van der Waals surface area contributed by atoms with Crippen LogP contribution in [0.4, 0.5) is 0 Å². The smallest absolute Gasteiger partial charge is 0.367 e. The van der Waals surface area contributed by atoms with E-state index in [4.69, 9.17) is 9.05 Å². The SMILES string of the molecule is CCCCCCCCCCCO[PH](=O)Oc1ccccc1. The van der Waals surface area contributed by atoms with E-state index in [1.807, 2.05) is 18.2 Å². The highest BCUT2D eigenvalue weighted by atomic mass is 31.1. The van der Waals surface area contributed by atoms with Gasteiger partial charge in [-0.2, -0.15) is 0 Å². The number of hydrogen-bond donors (Lipinski definition) is 0. The van der Waals surface area contributed by atoms with Gasteiger partial charge in [-0.15, -0.1) is 0 Å². The monoisotopic (exact) mass is 312 g/mol. The van der Waals surface area contributed by atoms with Crippen LogP contribution in [0.15, 0.2) is 30.3 Å². The van der Waals surface area contributed by atoms with E-state index in [9.17, 15) is 4.57 Å². The molecular formula is C17H29O3P. The molecule has 0 fully saturated rings. The highest BCUT2D eigenvalue weighted by Crippen LogP contribution is 2.27. The summed E-state index contributed by atoms with van der Waals surface area (Å²) in [7, 11) is -2.40. The average Bonchev–Trinajstić information content (AvgIpc) is 2.50. The Balaban J connectivity index is 1.89. The van der Waals surface area contributed by atoms with E-state index in [0.717, 1.165) is 12.8 Å². The van der Waals surface area contributed by atoms with Crippen LogP contribution in [0.5, 0.6) is 5.75 Å². The minimum atomic E-state index is -2.40. The van der Waals surface area contributed by atoms with Gasteiger partial charge in [-0.3, -0.25) is 0 Å². The van der Waals surface area contributed by atoms with E-state index in [1.54, 1.807) is 12.1 Å². The van der Waals surface area contributed by atoms with E-state index in [-0.39, 0.29) is 0 Å². The third-order valence-corrected chi connectivity index (χ3v) is 4.25. The van der Waals surface area contributed by atoms with E-state index in [1.165, 1.54) is 44.9 Å². The fourth-order valence-corrected chi connectivity index (χ4v) is 2.88. The van der Waals surface area contributed by atoms with Crippen molar-refractivity contribution in [3.63, 3.8) is 0 Å². The predicted molar refractivity (Wildman–Crippen MR) is 89.3 cm³/mol. The van der Waals surface area contributed by atoms with Gasteiger partial charge in [0.15, 0.2) is 0 Å². The lowest BCUT2D eigenvalue weighted by atomic mass is 10.1. The molecule has 0 N–H and O–H groups in total. The number of para-hydroxylation sites is 1. The zero-order valence-corrected chi connectivity index (χ0v) is 14.2. The molecule has 0 amide bonds. The molecule has 1 atom stereocenters. The molecule has 0 saturated carbocycles. The van der Waals surface area contributed by atoms with Gasteiger partial charge in [-0.05, 0) is 18.6 Å². The summed E-state index contributed by atoms with van der Waals surface area (Å²) in [6.07, 6.45) is 11.4. The summed E-state index contributed by atoms with van der Waals surface area (Å²) in [4.78, 5) is 0. The maximum atomic E-state index is 11.6. The summed E-state index contributed by atoms with van der Waals surface area (Å²) in [6, 6.07) is 9.16. The molecule has 0 aliphatic heterocycles. The molecular weight excluding hydrogens is 283 g/mol. The van der Waals surface area contributed by atoms with Crippen molar-refractivity contribution in [2.45, 2.75) is 64.7 Å². The van der Waals surface area contributed by atoms with Crippen LogP contribution >= 0.6 is 8.25 Å². The molecule has 0 aromatic heterocycles. The second-order valence-electron chi connectivity index (χ2n) is 5.34. The second-order valence-corrected chi connectivity index (χ2v) is 6.33. The third kappa shape index (κ3) is 10.6. The van der Waals surface area contributed by atoms with Gasteiger partial charge >= 0.3 is 8.25 Å². The molecule has 0 bridgehead atoms. The third-order valence-electron chi connectivity index (χ3n) is 3.41. The Kier molecular flexibility index (Phi) is 11.2. The molecule has 1 aromatic rings. The minimum absolute atomic E-state index is 0.528. The van der Waals surface area contributed by atoms with E-state index < -0.39 is 8.25 Å². The molecule has 0 aliphatic carbocycles. The minimum Gasteiger partial charge on any atom is -0.426 e. The number of benzene rings is 1. The summed E-state index contributed by atoms with van der Waals surface area (Å²) in [6.45, 7) is 2.77. The first-order chi connectivity index (χ1) is 10.3. The average molecular weight is 312 g/mol. The highest BCUT2D eigenvalue weighted by Gasteiger charge is 2.01. The van der Waals surface area contributed by atoms with Gasteiger partial charge in [0.1, 0.15) is 5.75 Å². The first-order valence-electron chi connectivity index (χ1n) is 8.22. The first-order valence-corrected chi connectivity index (χ1v) is 9.45. The van der Waals surface area contributed by atoms with Crippen LogP contribution < -0.4 is 4.52 Å². The van der Waals surface area contributed by atoms with Gasteiger partial charge in [0.2, 0.25) is 0 Å². The fraction of sp³-hybridized carbons (Fsp3) is 0.647. The van der Waals surface area contributed by atoms with Gasteiger partial charge in [0.05, 0.1) is 6.61 Å². The van der Waals surface area contributed by atoms with Crippen LogP contribution in [0.2, 0.25) is 0 Å². The normalized spacial score (nSPS) is 12.2. The summed E-state index contributed by atoms with van der Waals surface area (Å²) in [5.41, 5.74) is 0. The molecule has 3 nitrogen and oxygen atoms in total. The number of rotatable bonds is 13. The summed E-state index contributed by atoms with van der Waals surface area (Å²) in [5, 5.41) is 0. The van der Waals surface area contributed by atoms with Gasteiger partial charge in [-0.1, -0.05) is 76.5 Å². The van der Waals surface area contributed by atoms with Crippen molar-refractivity contribution in [3.8, 4) is 5.75 Å². The Morgan fingerprint density at radius 2 is 1.43 bits per heavy atom. The number of hydrogen-bond acceptors (Lipinski definition) is 3. The summed E-state index contributed by atoms with van der Waals surface area (Å²) in [5.74, 6) is 0.605. The Hall–Kier alpha value is -0.790. The molecule has 4 heteroatoms. The van der Waals surface area contributed by atoms with Crippen LogP contribution in [0.1, 0.15) is 64.7 Å². The van der Waals surface area contributed by atoms with Crippen molar-refractivity contribution in [1.82, 2.24) is 0 Å². The van der Waals surface area contributed by atoms with Crippen LogP contribution in [0, 0.1) is 0 Å². The predicted octanol–water partition coefficient (Wildman–Crippen LogP) is 6.00. The van der Waals surface area contributed by atoms with Crippen molar-refractivity contribution in [2.75, 3.05) is 6.61 Å². The maximum Gasteiger partial charge on any atom is 0.367 e. The lowest BCUT2D eigenvalue weighted by molar-refractivity contribution is 0.277. The van der Waals surface area contributed by atoms with E-state index in [2.05, 4.69) is 6.92 Å². The topological polar surface area (TPSA) is 35.5 Å². The summed E-state index contributed by atoms with van der Waals surface area (Å²) < 4.78 is 22.0. The van der Waals surface area contributed by atoms with Crippen molar-refractivity contribution >= 4 is 8.25 Å². The first kappa shape index (κ1) is 18.3. The highest BCUT2D eigenvalue weighted by molar-refractivity contribution is 7.33. The Labute approximate surface area is 130 Å². The molecule has 120 valence electrons. The Morgan fingerprint density at radius 1 is 0.857 bits per heavy atom. The van der Waals surface area contributed by atoms with Gasteiger partial charge in [0, 0.05) is 0 Å². The van der Waals surface area contributed by atoms with Crippen molar-refractivity contribution in [1.29, 1.82) is 0 Å². The molecule has 1 rings (SSSR count). The quantitative estimate of drug-likeness (QED) is 0.331. The molecule has 1 aromatic carbocycles. The van der Waals surface area contributed by atoms with Crippen molar-refractivity contribution in [3.05, 3.63) is 30.3 Å². The maximum absolute atomic E-state index is 11.6. The largest absolute Gasteiger partial charge is 0.426 e. The standard InChI is InChI=1S/C17H29O3P/c1-2-3-4-5-6-7-8-9-13-16-19-21(18)20-17-14-11-10-12-15-17/h10-12,14-15,21H,2-9,13,16H2,1H3. The molecule has 21 heavy (non-hydrogen) atoms. The van der Waals surface area contributed by atoms with Gasteiger partial charge in [0.25, 0.3) is 0 Å². The molecule has 0 radical (unpaired) electrons. The zero-order chi connectivity index (χ0) is 15.2. The molecule has 0 aliphatic rings. The summed E-state index contributed by atoms with van der Waals surface area (Å²) >= 11 is 0. The van der Waals surface area contributed by atoms with Crippen molar-refractivity contribution in [2.24, 2.45) is 0 Å². The van der Waals surface area contributed by atoms with Crippen LogP contribution in [-0.2, 0) is 9.09 Å². The van der Waals surface area contributed by atoms with E-state index >= 15 is 0 Å². The second kappa shape index (κ2) is 12.9.